The van der Waals surface area contributed by atoms with E-state index in [1.807, 2.05) is 0 Å². The van der Waals surface area contributed by atoms with Crippen LogP contribution in [0.1, 0.15) is 0 Å². The van der Waals surface area contributed by atoms with Crippen molar-refractivity contribution in [3.8, 4) is 0 Å². The molecule has 0 aliphatic carbocycles. The summed E-state index contributed by atoms with van der Waals surface area (Å²) in [6, 6.07) is 0. The van der Waals surface area contributed by atoms with Gasteiger partial charge in [-0.2, -0.15) is 8.42 Å². The van der Waals surface area contributed by atoms with Crippen LogP contribution in [0.2, 0.25) is 0 Å². The van der Waals surface area contributed by atoms with Gasteiger partial charge in [-0.3, -0.25) is 0 Å². The molecule has 0 aliphatic rings. The molecule has 4 nitrogen and oxygen atoms in total. The van der Waals surface area contributed by atoms with Crippen LogP contribution in [-0.2, 0) is 18.6 Å². The normalized spacial score (nSPS) is 11.4. The zero-order valence-corrected chi connectivity index (χ0v) is 4.01. The van der Waals surface area contributed by atoms with Crippen LogP contribution in [-0.4, -0.2) is 24.5 Å². The van der Waals surface area contributed by atoms with Crippen molar-refractivity contribution >= 4 is 26.5 Å². The van der Waals surface area contributed by atoms with Crippen molar-refractivity contribution in [2.75, 3.05) is 0 Å². The van der Waals surface area contributed by atoms with Crippen molar-refractivity contribution in [3.63, 3.8) is 0 Å². The molecule has 0 saturated heterocycles. The van der Waals surface area contributed by atoms with Crippen molar-refractivity contribution in [2.45, 2.75) is 0 Å². The Morgan fingerprint density at radius 2 is 1.43 bits per heavy atom. The predicted molar refractivity (Wildman–Crippen MR) is 22.6 cm³/mol. The fourth-order valence-corrected chi connectivity index (χ4v) is 0.0680. The summed E-state index contributed by atoms with van der Waals surface area (Å²) in [5.41, 5.74) is 0. The molecule has 0 aromatic carbocycles. The molecule has 7 heavy (non-hydrogen) atoms. The van der Waals surface area contributed by atoms with Crippen LogP contribution >= 0.6 is 0 Å². The molecule has 4 radical (unpaired) electrons. The third kappa shape index (κ3) is 2.67. The van der Waals surface area contributed by atoms with E-state index < -0.39 is 10.4 Å². The monoisotopic (exact) mass is 118 g/mol. The molecule has 0 rings (SSSR count). The molecule has 0 fully saturated rings. The number of hydrogen-bond acceptors (Lipinski definition) is 4. The molecule has 36 valence electrons. The van der Waals surface area contributed by atoms with Gasteiger partial charge >= 0.3 is 26.5 Å². The lowest BCUT2D eigenvalue weighted by Crippen LogP contribution is -2.04. The number of hydrogen-bond donors (Lipinski definition) is 0. The first kappa shape index (κ1) is 7.00. The zero-order valence-electron chi connectivity index (χ0n) is 3.20. The smallest absolute Gasteiger partial charge is 0.327 e. The van der Waals surface area contributed by atoms with Gasteiger partial charge in [-0.25, -0.2) is 0 Å². The maximum absolute atomic E-state index is 9.67. The van der Waals surface area contributed by atoms with Gasteiger partial charge in [0.1, 0.15) is 0 Å². The highest BCUT2D eigenvalue weighted by Crippen LogP contribution is 1.84. The quantitative estimate of drug-likeness (QED) is 0.411. The molecule has 7 heteroatoms. The van der Waals surface area contributed by atoms with E-state index in [-0.39, 0.29) is 0 Å². The molecule has 0 aliphatic heterocycles. The Morgan fingerprint density at radius 3 is 1.43 bits per heavy atom. The van der Waals surface area contributed by atoms with E-state index in [0.29, 0.717) is 0 Å². The zero-order chi connectivity index (χ0) is 5.91. The van der Waals surface area contributed by atoms with Crippen molar-refractivity contribution in [2.24, 2.45) is 0 Å². The minimum absolute atomic E-state index is 3.21. The summed E-state index contributed by atoms with van der Waals surface area (Å²) in [6.45, 7) is 0. The highest BCUT2D eigenvalue weighted by atomic mass is 32.3. The van der Waals surface area contributed by atoms with Crippen LogP contribution in [0.3, 0.4) is 0 Å². The molecule has 0 aromatic rings. The van der Waals surface area contributed by atoms with Crippen LogP contribution in [0.15, 0.2) is 0 Å². The van der Waals surface area contributed by atoms with Crippen LogP contribution in [0.25, 0.3) is 0 Å². The molecule has 0 spiro atoms. The second-order valence-corrected chi connectivity index (χ2v) is 1.80. The Morgan fingerprint density at radius 1 is 1.14 bits per heavy atom. The van der Waals surface area contributed by atoms with Crippen LogP contribution in [0.5, 0.6) is 0 Å². The Bertz CT molecular complexity index is 113. The van der Waals surface area contributed by atoms with E-state index in [9.17, 15) is 8.42 Å². The fourth-order valence-electron chi connectivity index (χ4n) is 0.0227. The maximum atomic E-state index is 9.67. The lowest BCUT2D eigenvalue weighted by Gasteiger charge is -1.93. The minimum atomic E-state index is -4.10. The highest BCUT2D eigenvalue weighted by Gasteiger charge is 1.99. The first-order valence-corrected chi connectivity index (χ1v) is 2.47. The van der Waals surface area contributed by atoms with Crippen LogP contribution < -0.4 is 0 Å². The predicted octanol–water partition coefficient (Wildman–Crippen LogP) is -1.57. The largest absolute Gasteiger partial charge is 0.369 e. The lowest BCUT2D eigenvalue weighted by molar-refractivity contribution is 0.420. The Hall–Kier alpha value is -0.000130. The molecule has 0 aromatic heterocycles. The second-order valence-electron chi connectivity index (χ2n) is 0.601. The number of rotatable bonds is 2. The van der Waals surface area contributed by atoms with Gasteiger partial charge in [-0.05, 0) is 0 Å². The van der Waals surface area contributed by atoms with Crippen molar-refractivity contribution in [1.82, 2.24) is 0 Å². The molecule has 0 atom stereocenters. The molecule has 0 saturated carbocycles. The lowest BCUT2D eigenvalue weighted by atomic mass is 10.6. The molecular weight excluding hydrogens is 118 g/mol. The molecular formula is B2O4S. The van der Waals surface area contributed by atoms with E-state index in [1.54, 1.807) is 0 Å². The summed E-state index contributed by atoms with van der Waals surface area (Å²) in [4.78, 5) is 0. The maximum Gasteiger partial charge on any atom is 0.369 e. The molecule has 0 amide bonds. The molecule has 0 unspecified atom stereocenters. The van der Waals surface area contributed by atoms with E-state index in [1.165, 1.54) is 0 Å². The van der Waals surface area contributed by atoms with Gasteiger partial charge in [-0.1, -0.05) is 0 Å². The van der Waals surface area contributed by atoms with Gasteiger partial charge in [0.2, 0.25) is 0 Å². The summed E-state index contributed by atoms with van der Waals surface area (Å²) in [6.07, 6.45) is 0. The molecule has 0 N–H and O–H groups in total. The standard InChI is InChI=1S/B2O4S/c1-5-7(3,4)6-2. The van der Waals surface area contributed by atoms with Gasteiger partial charge in [0.05, 0.1) is 0 Å². The van der Waals surface area contributed by atoms with Gasteiger partial charge in [-0.15, -0.1) is 0 Å². The van der Waals surface area contributed by atoms with Gasteiger partial charge in [0.25, 0.3) is 0 Å². The molecule has 0 heterocycles. The SMILES string of the molecule is [B]OS(=O)(=O)O[B]. The third-order valence-corrected chi connectivity index (χ3v) is 0.707. The highest BCUT2D eigenvalue weighted by molar-refractivity contribution is 7.83. The van der Waals surface area contributed by atoms with Gasteiger partial charge < -0.3 is 8.20 Å². The van der Waals surface area contributed by atoms with E-state index in [2.05, 4.69) is 24.3 Å². The summed E-state index contributed by atoms with van der Waals surface area (Å²) in [7, 11) is 4.15. The Balaban J connectivity index is 3.89. The van der Waals surface area contributed by atoms with Crippen molar-refractivity contribution in [3.05, 3.63) is 0 Å². The summed E-state index contributed by atoms with van der Waals surface area (Å²) in [5, 5.41) is 0. The van der Waals surface area contributed by atoms with E-state index in [4.69, 9.17) is 0 Å². The van der Waals surface area contributed by atoms with E-state index >= 15 is 0 Å². The summed E-state index contributed by atoms with van der Waals surface area (Å²) >= 11 is 0. The second kappa shape index (κ2) is 2.34. The van der Waals surface area contributed by atoms with Crippen molar-refractivity contribution in [1.29, 1.82) is 0 Å². The van der Waals surface area contributed by atoms with Gasteiger partial charge in [0.15, 0.2) is 0 Å². The Labute approximate surface area is 44.0 Å². The first-order chi connectivity index (χ1) is 3.12. The Kier molecular flexibility index (Phi) is 2.34. The first-order valence-electron chi connectivity index (χ1n) is 1.14. The third-order valence-electron chi connectivity index (χ3n) is 0.236. The van der Waals surface area contributed by atoms with Crippen molar-refractivity contribution < 1.29 is 16.6 Å². The van der Waals surface area contributed by atoms with Crippen LogP contribution in [0.4, 0.5) is 0 Å². The summed E-state index contributed by atoms with van der Waals surface area (Å²) in [5.74, 6) is 0. The molecule has 0 bridgehead atoms. The average molecular weight is 118 g/mol. The minimum Gasteiger partial charge on any atom is -0.327 e. The fraction of sp³-hybridized carbons (Fsp3) is 0. The topological polar surface area (TPSA) is 52.6 Å². The van der Waals surface area contributed by atoms with Gasteiger partial charge in [0, 0.05) is 0 Å². The van der Waals surface area contributed by atoms with Crippen LogP contribution in [0, 0.1) is 0 Å². The summed E-state index contributed by atoms with van der Waals surface area (Å²) < 4.78 is 25.8. The average Bonchev–Trinajstić information content (AvgIpc) is 1.68. The van der Waals surface area contributed by atoms with E-state index in [0.717, 1.165) is 0 Å².